The topological polar surface area (TPSA) is 68.4 Å². The first-order valence-electron chi connectivity index (χ1n) is 12.7. The van der Waals surface area contributed by atoms with E-state index in [1.807, 2.05) is 42.5 Å². The predicted molar refractivity (Wildman–Crippen MR) is 135 cm³/mol. The summed E-state index contributed by atoms with van der Waals surface area (Å²) >= 11 is 0. The maximum Gasteiger partial charge on any atom is 0.327 e. The zero-order valence-corrected chi connectivity index (χ0v) is 20.8. The number of hydrogen-bond donors (Lipinski definition) is 1. The van der Waals surface area contributed by atoms with Gasteiger partial charge < -0.3 is 14.5 Å². The van der Waals surface area contributed by atoms with Gasteiger partial charge in [-0.2, -0.15) is 0 Å². The number of anilines is 1. The smallest absolute Gasteiger partial charge is 0.327 e. The van der Waals surface area contributed by atoms with Crippen molar-refractivity contribution in [1.29, 1.82) is 0 Å². The van der Waals surface area contributed by atoms with Crippen molar-refractivity contribution in [2.45, 2.75) is 51.6 Å². The van der Waals surface area contributed by atoms with Crippen LogP contribution < -0.4 is 15.0 Å². The van der Waals surface area contributed by atoms with Crippen molar-refractivity contribution in [3.05, 3.63) is 54.6 Å². The van der Waals surface area contributed by atoms with E-state index >= 15 is 0 Å². The Kier molecular flexibility index (Phi) is 6.67. The number of fused-ring (bicyclic) bond motifs is 3. The van der Waals surface area contributed by atoms with Gasteiger partial charge in [-0.3, -0.25) is 19.9 Å². The summed E-state index contributed by atoms with van der Waals surface area (Å²) in [5.74, 6) is 1.87. The summed E-state index contributed by atoms with van der Waals surface area (Å²) < 4.78 is 5.96. The molecule has 4 atom stereocenters. The molecule has 1 N–H and O–H groups in total. The lowest BCUT2D eigenvalue weighted by atomic mass is 10.0. The van der Waals surface area contributed by atoms with Crippen LogP contribution in [0.1, 0.15) is 33.1 Å². The normalized spacial score (nSPS) is 26.7. The summed E-state index contributed by atoms with van der Waals surface area (Å²) in [6.07, 6.45) is 2.41. The second-order valence-electron chi connectivity index (χ2n) is 9.88. The summed E-state index contributed by atoms with van der Waals surface area (Å²) in [6.45, 7) is 6.49. The Morgan fingerprint density at radius 3 is 2.40 bits per heavy atom. The van der Waals surface area contributed by atoms with Gasteiger partial charge in [0, 0.05) is 32.4 Å². The first-order valence-corrected chi connectivity index (χ1v) is 12.7. The molecule has 0 radical (unpaired) electrons. The SMILES string of the molecule is CCCCCN1C(=O)C2C(NC3N(c4ccc(Oc5ccccc5)cc4)CC(C)CN23)N(C)C1=O. The van der Waals surface area contributed by atoms with E-state index in [1.54, 1.807) is 11.9 Å². The minimum Gasteiger partial charge on any atom is -0.457 e. The summed E-state index contributed by atoms with van der Waals surface area (Å²) in [4.78, 5) is 34.3. The molecule has 3 heterocycles. The van der Waals surface area contributed by atoms with Crippen molar-refractivity contribution in [3.8, 4) is 11.5 Å². The van der Waals surface area contributed by atoms with Gasteiger partial charge in [-0.15, -0.1) is 0 Å². The molecule has 8 heteroatoms. The number of nitrogens with one attached hydrogen (secondary N) is 1. The number of likely N-dealkylation sites (N-methyl/N-ethyl adjacent to an activating group) is 1. The van der Waals surface area contributed by atoms with Crippen molar-refractivity contribution >= 4 is 17.6 Å². The number of carbonyl (C=O) groups excluding carboxylic acids is 2. The van der Waals surface area contributed by atoms with Gasteiger partial charge in [0.15, 0.2) is 0 Å². The Balaban J connectivity index is 1.36. The number of unbranched alkanes of at least 4 members (excludes halogenated alkanes) is 2. The van der Waals surface area contributed by atoms with Gasteiger partial charge in [-0.05, 0) is 48.7 Å². The second kappa shape index (κ2) is 9.87. The molecule has 0 saturated carbocycles. The Morgan fingerprint density at radius 1 is 0.971 bits per heavy atom. The number of para-hydroxylation sites is 1. The summed E-state index contributed by atoms with van der Waals surface area (Å²) in [5, 5.41) is 3.60. The van der Waals surface area contributed by atoms with E-state index in [9.17, 15) is 9.59 Å². The second-order valence-corrected chi connectivity index (χ2v) is 9.88. The average Bonchev–Trinajstić information content (AvgIpc) is 3.25. The molecule has 186 valence electrons. The molecule has 3 saturated heterocycles. The standard InChI is InChI=1S/C27H35N5O3/c1-4-5-9-16-30-25(33)23-24(29(3)27(30)34)28-26-31(17-19(2)18-32(23)26)20-12-14-22(15-13-20)35-21-10-7-6-8-11-21/h6-8,10-15,19,23-24,26,28H,4-5,9,16-18H2,1-3H3. The fourth-order valence-corrected chi connectivity index (χ4v) is 5.48. The number of rotatable bonds is 7. The molecule has 3 aliphatic rings. The van der Waals surface area contributed by atoms with E-state index in [0.29, 0.717) is 12.5 Å². The third-order valence-electron chi connectivity index (χ3n) is 7.22. The lowest BCUT2D eigenvalue weighted by Gasteiger charge is -2.46. The minimum atomic E-state index is -0.379. The van der Waals surface area contributed by atoms with E-state index < -0.39 is 0 Å². The molecule has 3 amide bonds. The number of carbonyl (C=O) groups is 2. The number of amides is 3. The van der Waals surface area contributed by atoms with Crippen molar-refractivity contribution < 1.29 is 14.3 Å². The van der Waals surface area contributed by atoms with E-state index in [4.69, 9.17) is 4.74 Å². The zero-order chi connectivity index (χ0) is 24.5. The highest BCUT2D eigenvalue weighted by Gasteiger charge is 2.56. The lowest BCUT2D eigenvalue weighted by Crippen LogP contribution is -2.66. The highest BCUT2D eigenvalue weighted by Crippen LogP contribution is 2.35. The number of hydrogen-bond acceptors (Lipinski definition) is 6. The number of urea groups is 1. The van der Waals surface area contributed by atoms with Crippen LogP contribution >= 0.6 is 0 Å². The van der Waals surface area contributed by atoms with E-state index in [0.717, 1.165) is 49.5 Å². The van der Waals surface area contributed by atoms with Crippen LogP contribution in [0, 0.1) is 5.92 Å². The van der Waals surface area contributed by atoms with Gasteiger partial charge in [0.1, 0.15) is 30.0 Å². The lowest BCUT2D eigenvalue weighted by molar-refractivity contribution is -0.138. The highest BCUT2D eigenvalue weighted by molar-refractivity contribution is 6.00. The molecule has 3 aliphatic heterocycles. The van der Waals surface area contributed by atoms with Crippen LogP contribution in [0.5, 0.6) is 11.5 Å². The Bertz CT molecular complexity index is 1050. The monoisotopic (exact) mass is 477 g/mol. The van der Waals surface area contributed by atoms with Crippen molar-refractivity contribution in [2.75, 3.05) is 31.6 Å². The fraction of sp³-hybridized carbons (Fsp3) is 0.481. The maximum atomic E-state index is 13.5. The molecule has 35 heavy (non-hydrogen) atoms. The Hall–Kier alpha value is -3.10. The molecule has 0 aromatic heterocycles. The minimum absolute atomic E-state index is 0.0788. The van der Waals surface area contributed by atoms with Gasteiger partial charge in [0.05, 0.1) is 0 Å². The molecule has 0 aliphatic carbocycles. The molecule has 4 unspecified atom stereocenters. The molecular weight excluding hydrogens is 442 g/mol. The molecular formula is C27H35N5O3. The van der Waals surface area contributed by atoms with Gasteiger partial charge in [0.2, 0.25) is 0 Å². The molecule has 3 fully saturated rings. The first-order chi connectivity index (χ1) is 17.0. The highest BCUT2D eigenvalue weighted by atomic mass is 16.5. The van der Waals surface area contributed by atoms with Crippen molar-refractivity contribution in [3.63, 3.8) is 0 Å². The largest absolute Gasteiger partial charge is 0.457 e. The van der Waals surface area contributed by atoms with Gasteiger partial charge in [0.25, 0.3) is 5.91 Å². The fourth-order valence-electron chi connectivity index (χ4n) is 5.48. The number of nitrogens with zero attached hydrogens (tertiary/aromatic N) is 4. The van der Waals surface area contributed by atoms with Gasteiger partial charge >= 0.3 is 6.03 Å². The van der Waals surface area contributed by atoms with Crippen LogP contribution in [0.15, 0.2) is 54.6 Å². The molecule has 5 rings (SSSR count). The third-order valence-corrected chi connectivity index (χ3v) is 7.22. The van der Waals surface area contributed by atoms with Crippen LogP contribution in [0.25, 0.3) is 0 Å². The quantitative estimate of drug-likeness (QED) is 0.610. The number of imide groups is 1. The van der Waals surface area contributed by atoms with E-state index in [2.05, 4.69) is 41.1 Å². The third kappa shape index (κ3) is 4.48. The number of ether oxygens (including phenoxy) is 1. The van der Waals surface area contributed by atoms with Crippen LogP contribution in [0.4, 0.5) is 10.5 Å². The van der Waals surface area contributed by atoms with Crippen LogP contribution in [-0.2, 0) is 4.79 Å². The Labute approximate surface area is 207 Å². The van der Waals surface area contributed by atoms with E-state index in [1.165, 1.54) is 4.90 Å². The molecule has 2 aromatic rings. The van der Waals surface area contributed by atoms with Crippen molar-refractivity contribution in [1.82, 2.24) is 20.0 Å². The van der Waals surface area contributed by atoms with Crippen molar-refractivity contribution in [2.24, 2.45) is 5.92 Å². The van der Waals surface area contributed by atoms with Gasteiger partial charge in [-0.25, -0.2) is 4.79 Å². The summed E-state index contributed by atoms with van der Waals surface area (Å²) in [7, 11) is 1.80. The Morgan fingerprint density at radius 2 is 1.69 bits per heavy atom. The summed E-state index contributed by atoms with van der Waals surface area (Å²) in [6, 6.07) is 17.2. The molecule has 0 spiro atoms. The summed E-state index contributed by atoms with van der Waals surface area (Å²) in [5.41, 5.74) is 1.05. The molecule has 0 bridgehead atoms. The van der Waals surface area contributed by atoms with Crippen LogP contribution in [0.3, 0.4) is 0 Å². The van der Waals surface area contributed by atoms with Crippen LogP contribution in [0.2, 0.25) is 0 Å². The number of benzene rings is 2. The molecule has 2 aromatic carbocycles. The van der Waals surface area contributed by atoms with Gasteiger partial charge in [-0.1, -0.05) is 44.9 Å². The zero-order valence-electron chi connectivity index (χ0n) is 20.8. The molecule has 8 nitrogen and oxygen atoms in total. The first kappa shape index (κ1) is 23.6. The maximum absolute atomic E-state index is 13.5. The predicted octanol–water partition coefficient (Wildman–Crippen LogP) is 3.90. The average molecular weight is 478 g/mol. The van der Waals surface area contributed by atoms with Crippen LogP contribution in [-0.4, -0.2) is 71.8 Å². The van der Waals surface area contributed by atoms with E-state index in [-0.39, 0.29) is 30.4 Å².